The van der Waals surface area contributed by atoms with Crippen LogP contribution in [0.25, 0.3) is 0 Å². The lowest BCUT2D eigenvalue weighted by Crippen LogP contribution is -2.61. The molecule has 35 heavy (non-hydrogen) atoms. The van der Waals surface area contributed by atoms with Crippen LogP contribution in [-0.4, -0.2) is 62.4 Å². The summed E-state index contributed by atoms with van der Waals surface area (Å²) in [5.74, 6) is -6.73. The Hall–Kier alpha value is -3.60. The van der Waals surface area contributed by atoms with E-state index in [1.165, 1.54) is 72.8 Å². The van der Waals surface area contributed by atoms with Crippen LogP contribution in [0.3, 0.4) is 0 Å². The maximum Gasteiger partial charge on any atom is 0.300 e. The molecule has 180 valence electrons. The Labute approximate surface area is 199 Å². The van der Waals surface area contributed by atoms with Gasteiger partial charge in [-0.15, -0.1) is 4.94 Å². The summed E-state index contributed by atoms with van der Waals surface area (Å²) in [6, 6.07) is 21.5. The molecule has 8 nitrogen and oxygen atoms in total. The number of carbonyl (C=O) groups excluding carboxylic acids is 3. The number of halogens is 1. The molecule has 1 aliphatic rings. The van der Waals surface area contributed by atoms with Gasteiger partial charge in [0.15, 0.2) is 23.3 Å². The Morgan fingerprint density at radius 3 is 1.69 bits per heavy atom. The fourth-order valence-electron chi connectivity index (χ4n) is 4.14. The van der Waals surface area contributed by atoms with Crippen LogP contribution in [0.1, 0.15) is 31.1 Å². The number of hydrogen-bond acceptors (Lipinski definition) is 8. The first-order valence-corrected chi connectivity index (χ1v) is 10.6. The number of ether oxygens (including phenoxy) is 1. The number of carbonyl (C=O) groups is 3. The summed E-state index contributed by atoms with van der Waals surface area (Å²) in [6.07, 6.45) is -7.23. The predicted molar refractivity (Wildman–Crippen MR) is 119 cm³/mol. The second-order valence-corrected chi connectivity index (χ2v) is 8.08. The fraction of sp³-hybridized carbons (Fsp3) is 0.192. The molecule has 1 saturated heterocycles. The molecular weight excluding hydrogens is 459 g/mol. The van der Waals surface area contributed by atoms with Crippen molar-refractivity contribution < 1.29 is 43.9 Å². The van der Waals surface area contributed by atoms with Gasteiger partial charge in [-0.05, 0) is 4.53 Å². The number of hydrogen-bond donors (Lipinski definition) is 3. The summed E-state index contributed by atoms with van der Waals surface area (Å²) in [6.45, 7) is 0. The molecule has 3 N–H and O–H groups in total. The number of Topliss-reactive ketones (excluding diaryl/α,β-unsaturated/α-hetero) is 3. The van der Waals surface area contributed by atoms with Gasteiger partial charge < -0.3 is 20.1 Å². The molecule has 1 fully saturated rings. The van der Waals surface area contributed by atoms with E-state index in [-0.39, 0.29) is 16.7 Å². The van der Waals surface area contributed by atoms with Crippen LogP contribution in [0.2, 0.25) is 0 Å². The smallest absolute Gasteiger partial charge is 0.300 e. The van der Waals surface area contributed by atoms with Crippen LogP contribution in [0.4, 0.5) is 4.53 Å². The van der Waals surface area contributed by atoms with Crippen LogP contribution in [0, 0.1) is 0 Å². The zero-order valence-electron chi connectivity index (χ0n) is 18.2. The van der Waals surface area contributed by atoms with Crippen molar-refractivity contribution >= 4 is 17.3 Å². The van der Waals surface area contributed by atoms with Gasteiger partial charge in [-0.2, -0.15) is 0 Å². The summed E-state index contributed by atoms with van der Waals surface area (Å²) in [5.41, 5.74) is -3.49. The molecule has 3 aromatic rings. The van der Waals surface area contributed by atoms with E-state index in [4.69, 9.17) is 4.74 Å². The number of aliphatic hydroxyl groups is 3. The van der Waals surface area contributed by atoms with Crippen LogP contribution in [-0.2, 0) is 9.68 Å². The fourth-order valence-corrected chi connectivity index (χ4v) is 4.14. The lowest BCUT2D eigenvalue weighted by Gasteiger charge is -2.31. The summed E-state index contributed by atoms with van der Waals surface area (Å²) < 4.78 is 19.5. The average Bonchev–Trinajstić information content (AvgIpc) is 3.16. The minimum absolute atomic E-state index is 0.0133. The Bertz CT molecular complexity index is 1220. The van der Waals surface area contributed by atoms with E-state index in [0.717, 1.165) is 0 Å². The summed E-state index contributed by atoms with van der Waals surface area (Å²) in [5, 5.41) is 33.5. The zero-order valence-corrected chi connectivity index (χ0v) is 18.2. The van der Waals surface area contributed by atoms with Gasteiger partial charge in [0.1, 0.15) is 12.2 Å². The molecule has 0 saturated carbocycles. The maximum atomic E-state index is 14.1. The first-order valence-electron chi connectivity index (χ1n) is 10.6. The molecule has 1 unspecified atom stereocenters. The Morgan fingerprint density at radius 2 is 1.23 bits per heavy atom. The number of rotatable bonds is 8. The third-order valence-corrected chi connectivity index (χ3v) is 5.99. The lowest BCUT2D eigenvalue weighted by molar-refractivity contribution is -0.331. The van der Waals surface area contributed by atoms with E-state index in [1.807, 2.05) is 0 Å². The second-order valence-electron chi connectivity index (χ2n) is 8.08. The zero-order chi connectivity index (χ0) is 25.2. The molecule has 1 heterocycles. The highest BCUT2D eigenvalue weighted by molar-refractivity contribution is 6.09. The Kier molecular flexibility index (Phi) is 6.70. The van der Waals surface area contributed by atoms with E-state index in [0.29, 0.717) is 0 Å². The SMILES string of the molecule is O=C(c1ccccc1)C(O)[C@H]1O[C@@](OF)(C(=O)c2ccccc2)[C@@H](O)[C@@]1(O)C(=O)c1ccccc1. The molecule has 9 heteroatoms. The minimum atomic E-state index is -3.25. The lowest BCUT2D eigenvalue weighted by atomic mass is 9.78. The number of aliphatic hydroxyl groups excluding tert-OH is 2. The third kappa shape index (κ3) is 3.99. The van der Waals surface area contributed by atoms with Gasteiger partial charge in [-0.25, -0.2) is 0 Å². The van der Waals surface area contributed by atoms with Gasteiger partial charge in [0.2, 0.25) is 5.78 Å². The van der Waals surface area contributed by atoms with E-state index in [1.54, 1.807) is 18.2 Å². The van der Waals surface area contributed by atoms with Crippen molar-refractivity contribution in [3.63, 3.8) is 0 Å². The molecule has 4 rings (SSSR count). The Balaban J connectivity index is 1.84. The van der Waals surface area contributed by atoms with Crippen LogP contribution in [0.5, 0.6) is 0 Å². The van der Waals surface area contributed by atoms with Gasteiger partial charge >= 0.3 is 5.79 Å². The van der Waals surface area contributed by atoms with Crippen molar-refractivity contribution in [2.24, 2.45) is 0 Å². The van der Waals surface area contributed by atoms with E-state index >= 15 is 0 Å². The molecular formula is C26H21FO8. The van der Waals surface area contributed by atoms with Gasteiger partial charge in [-0.1, -0.05) is 91.0 Å². The molecule has 0 aromatic heterocycles. The van der Waals surface area contributed by atoms with Gasteiger partial charge in [0.05, 0.1) is 0 Å². The highest BCUT2D eigenvalue weighted by atomic mass is 19.3. The van der Waals surface area contributed by atoms with Gasteiger partial charge in [0.25, 0.3) is 0 Å². The summed E-state index contributed by atoms with van der Waals surface area (Å²) in [7, 11) is 0. The third-order valence-electron chi connectivity index (χ3n) is 5.99. The topological polar surface area (TPSA) is 130 Å². The van der Waals surface area contributed by atoms with Crippen molar-refractivity contribution in [2.75, 3.05) is 0 Å². The van der Waals surface area contributed by atoms with Gasteiger partial charge in [-0.3, -0.25) is 14.4 Å². The highest BCUT2D eigenvalue weighted by Crippen LogP contribution is 2.45. The molecule has 0 bridgehead atoms. The molecule has 0 spiro atoms. The maximum absolute atomic E-state index is 14.1. The summed E-state index contributed by atoms with van der Waals surface area (Å²) in [4.78, 5) is 43.4. The van der Waals surface area contributed by atoms with Crippen molar-refractivity contribution in [1.29, 1.82) is 0 Å². The van der Waals surface area contributed by atoms with Gasteiger partial charge in [0, 0.05) is 16.7 Å². The van der Waals surface area contributed by atoms with Crippen molar-refractivity contribution in [3.8, 4) is 0 Å². The van der Waals surface area contributed by atoms with Crippen LogP contribution in [0.15, 0.2) is 91.0 Å². The molecule has 0 radical (unpaired) electrons. The van der Waals surface area contributed by atoms with E-state index in [2.05, 4.69) is 4.94 Å². The molecule has 0 amide bonds. The monoisotopic (exact) mass is 480 g/mol. The minimum Gasteiger partial charge on any atom is -0.383 e. The van der Waals surface area contributed by atoms with Crippen molar-refractivity contribution in [3.05, 3.63) is 108 Å². The highest BCUT2D eigenvalue weighted by Gasteiger charge is 2.73. The molecule has 0 aliphatic carbocycles. The van der Waals surface area contributed by atoms with Crippen molar-refractivity contribution in [1.82, 2.24) is 0 Å². The van der Waals surface area contributed by atoms with Crippen LogP contribution >= 0.6 is 0 Å². The first-order chi connectivity index (χ1) is 16.8. The molecule has 3 aromatic carbocycles. The molecule has 1 aliphatic heterocycles. The molecule has 5 atom stereocenters. The average molecular weight is 480 g/mol. The standard InChI is InChI=1S/C26H21FO8/c27-35-26(22(31)18-14-8-3-9-15-18)24(32)25(33,21(30)17-12-6-2-7-13-17)23(34-26)20(29)19(28)16-10-4-1-5-11-16/h1-15,20,23-24,29,32-33H/t20?,23-,24+,25-,26-/m1/s1. The number of ketones is 3. The normalized spacial score (nSPS) is 26.7. The quantitative estimate of drug-likeness (QED) is 0.418. The second kappa shape index (κ2) is 9.57. The largest absolute Gasteiger partial charge is 0.383 e. The predicted octanol–water partition coefficient (Wildman–Crippen LogP) is 2.08. The van der Waals surface area contributed by atoms with E-state index in [9.17, 15) is 34.2 Å². The number of benzene rings is 3. The first kappa shape index (κ1) is 24.5. The summed E-state index contributed by atoms with van der Waals surface area (Å²) >= 11 is 0. The van der Waals surface area contributed by atoms with E-state index < -0.39 is 47.0 Å². The Morgan fingerprint density at radius 1 is 0.800 bits per heavy atom. The van der Waals surface area contributed by atoms with Crippen molar-refractivity contribution in [2.45, 2.75) is 29.7 Å². The van der Waals surface area contributed by atoms with Crippen LogP contribution < -0.4 is 0 Å².